The lowest BCUT2D eigenvalue weighted by atomic mass is 9.82. The Morgan fingerprint density at radius 3 is 2.56 bits per heavy atom. The highest BCUT2D eigenvalue weighted by atomic mass is 19.4. The number of Topliss-reactive ketones (excluding diaryl/α,β-unsaturated/α-hetero) is 1. The second-order valence-electron chi connectivity index (χ2n) is 8.11. The minimum absolute atomic E-state index is 0.0216. The van der Waals surface area contributed by atoms with Gasteiger partial charge in [-0.15, -0.1) is 0 Å². The zero-order chi connectivity index (χ0) is 25.3. The van der Waals surface area contributed by atoms with E-state index < -0.39 is 54.1 Å². The molecule has 34 heavy (non-hydrogen) atoms. The normalized spacial score (nSPS) is 20.5. The third-order valence-corrected chi connectivity index (χ3v) is 5.51. The first-order valence-corrected chi connectivity index (χ1v) is 10.5. The number of benzene rings is 1. The van der Waals surface area contributed by atoms with E-state index in [0.717, 1.165) is 6.07 Å². The predicted octanol–water partition coefficient (Wildman–Crippen LogP) is 4.49. The number of aliphatic imine (C=N–C) groups is 1. The molecule has 0 saturated heterocycles. The lowest BCUT2D eigenvalue weighted by molar-refractivity contribution is -0.209. The molecule has 1 aliphatic rings. The predicted molar refractivity (Wildman–Crippen MR) is 114 cm³/mol. The van der Waals surface area contributed by atoms with Crippen LogP contribution in [0.15, 0.2) is 29.4 Å². The molecule has 6 nitrogen and oxygen atoms in total. The Morgan fingerprint density at radius 1 is 1.26 bits per heavy atom. The first-order chi connectivity index (χ1) is 15.9. The average molecular weight is 485 g/mol. The molecule has 1 aromatic carbocycles. The standard InChI is InChI=1S/C23H24F5N3O3/c1-4-33-15-6-13(3)20(30-10-15)17(32)8-14-5-12(2)19(25)16(7-14)22(11-24)9-18(23(26,27)28)34-21(29)31-22/h5-7,10,18H,4,8-9,11H2,1-3H3,(H2,29,31)/t18-,22+/m0/s1. The number of ketones is 1. The molecule has 2 heterocycles. The number of aryl methyl sites for hydroxylation is 2. The number of rotatable bonds is 7. The summed E-state index contributed by atoms with van der Waals surface area (Å²) >= 11 is 0. The minimum atomic E-state index is -4.86. The van der Waals surface area contributed by atoms with E-state index in [2.05, 4.69) is 14.7 Å². The second kappa shape index (κ2) is 9.55. The van der Waals surface area contributed by atoms with Gasteiger partial charge in [-0.2, -0.15) is 13.2 Å². The fraction of sp³-hybridized carbons (Fsp3) is 0.435. The van der Waals surface area contributed by atoms with Gasteiger partial charge in [0.15, 0.2) is 11.9 Å². The monoisotopic (exact) mass is 485 g/mol. The second-order valence-corrected chi connectivity index (χ2v) is 8.11. The van der Waals surface area contributed by atoms with Crippen molar-refractivity contribution < 1.29 is 36.2 Å². The summed E-state index contributed by atoms with van der Waals surface area (Å²) in [5.41, 5.74) is 3.76. The van der Waals surface area contributed by atoms with Crippen LogP contribution in [0.1, 0.15) is 46.1 Å². The summed E-state index contributed by atoms with van der Waals surface area (Å²) in [6.45, 7) is 3.83. The van der Waals surface area contributed by atoms with Crippen molar-refractivity contribution in [3.8, 4) is 5.75 Å². The van der Waals surface area contributed by atoms with E-state index in [0.29, 0.717) is 17.9 Å². The van der Waals surface area contributed by atoms with Crippen molar-refractivity contribution in [1.82, 2.24) is 4.98 Å². The Labute approximate surface area is 193 Å². The number of halogens is 5. The molecule has 0 fully saturated rings. The van der Waals surface area contributed by atoms with Gasteiger partial charge in [-0.05, 0) is 49.6 Å². The fourth-order valence-electron chi connectivity index (χ4n) is 3.93. The minimum Gasteiger partial charge on any atom is -0.492 e. The summed E-state index contributed by atoms with van der Waals surface area (Å²) < 4.78 is 79.2. The van der Waals surface area contributed by atoms with Gasteiger partial charge < -0.3 is 15.2 Å². The number of amidine groups is 1. The van der Waals surface area contributed by atoms with Crippen molar-refractivity contribution in [3.05, 3.63) is 58.2 Å². The van der Waals surface area contributed by atoms with E-state index in [1.807, 2.05) is 0 Å². The van der Waals surface area contributed by atoms with Crippen LogP contribution >= 0.6 is 0 Å². The molecule has 0 spiro atoms. The van der Waals surface area contributed by atoms with Gasteiger partial charge in [0, 0.05) is 18.4 Å². The molecule has 0 aliphatic carbocycles. The van der Waals surface area contributed by atoms with Gasteiger partial charge in [0.25, 0.3) is 6.02 Å². The Kier molecular flexibility index (Phi) is 7.13. The van der Waals surface area contributed by atoms with Crippen LogP contribution in [-0.2, 0) is 16.7 Å². The Balaban J connectivity index is 1.99. The van der Waals surface area contributed by atoms with E-state index >= 15 is 4.39 Å². The van der Waals surface area contributed by atoms with E-state index in [1.165, 1.54) is 19.2 Å². The van der Waals surface area contributed by atoms with Gasteiger partial charge in [-0.1, -0.05) is 6.07 Å². The van der Waals surface area contributed by atoms with E-state index in [9.17, 15) is 22.4 Å². The van der Waals surface area contributed by atoms with Crippen molar-refractivity contribution >= 4 is 11.8 Å². The summed E-state index contributed by atoms with van der Waals surface area (Å²) in [5, 5.41) is 0. The van der Waals surface area contributed by atoms with E-state index in [1.54, 1.807) is 19.9 Å². The van der Waals surface area contributed by atoms with Crippen molar-refractivity contribution in [2.24, 2.45) is 10.7 Å². The summed E-state index contributed by atoms with van der Waals surface area (Å²) in [5.74, 6) is -0.839. The van der Waals surface area contributed by atoms with E-state index in [-0.39, 0.29) is 23.2 Å². The molecule has 0 radical (unpaired) electrons. The number of nitrogens with two attached hydrogens (primary N) is 1. The number of aromatic nitrogens is 1. The smallest absolute Gasteiger partial charge is 0.425 e. The van der Waals surface area contributed by atoms with Crippen molar-refractivity contribution in [2.45, 2.75) is 51.4 Å². The molecule has 2 N–H and O–H groups in total. The Hall–Kier alpha value is -3.24. The maximum Gasteiger partial charge on any atom is 0.425 e. The molecule has 0 saturated carbocycles. The quantitative estimate of drug-likeness (QED) is 0.461. The highest BCUT2D eigenvalue weighted by molar-refractivity contribution is 5.97. The Bertz CT molecular complexity index is 1120. The lowest BCUT2D eigenvalue weighted by Gasteiger charge is -2.37. The molecule has 3 rings (SSSR count). The lowest BCUT2D eigenvalue weighted by Crippen LogP contribution is -2.48. The molecule has 0 bridgehead atoms. The van der Waals surface area contributed by atoms with Gasteiger partial charge in [-0.25, -0.2) is 18.8 Å². The average Bonchev–Trinajstić information content (AvgIpc) is 2.75. The van der Waals surface area contributed by atoms with Crippen LogP contribution in [0.3, 0.4) is 0 Å². The van der Waals surface area contributed by atoms with Gasteiger partial charge in [0.2, 0.25) is 0 Å². The maximum atomic E-state index is 15.1. The van der Waals surface area contributed by atoms with Crippen LogP contribution in [0.25, 0.3) is 0 Å². The topological polar surface area (TPSA) is 86.8 Å². The largest absolute Gasteiger partial charge is 0.492 e. The fourth-order valence-corrected chi connectivity index (χ4v) is 3.93. The molecule has 2 aromatic rings. The highest BCUT2D eigenvalue weighted by Crippen LogP contribution is 2.42. The molecule has 1 aliphatic heterocycles. The third-order valence-electron chi connectivity index (χ3n) is 5.51. The van der Waals surface area contributed by atoms with Crippen LogP contribution in [0.4, 0.5) is 22.0 Å². The van der Waals surface area contributed by atoms with E-state index in [4.69, 9.17) is 10.5 Å². The van der Waals surface area contributed by atoms with Crippen LogP contribution in [0.2, 0.25) is 0 Å². The van der Waals surface area contributed by atoms with Crippen LogP contribution in [0.5, 0.6) is 5.75 Å². The first-order valence-electron chi connectivity index (χ1n) is 10.5. The molecule has 0 amide bonds. The summed E-state index contributed by atoms with van der Waals surface area (Å²) in [4.78, 5) is 20.8. The number of hydrogen-bond acceptors (Lipinski definition) is 6. The number of nitrogens with zero attached hydrogens (tertiary/aromatic N) is 2. The highest BCUT2D eigenvalue weighted by Gasteiger charge is 2.52. The van der Waals surface area contributed by atoms with Crippen LogP contribution < -0.4 is 10.5 Å². The molecule has 0 unspecified atom stereocenters. The number of alkyl halides is 4. The molecule has 1 aromatic heterocycles. The number of ether oxygens (including phenoxy) is 2. The van der Waals surface area contributed by atoms with Crippen LogP contribution in [0, 0.1) is 19.7 Å². The molecular formula is C23H24F5N3O3. The SMILES string of the molecule is CCOc1cnc(C(=O)Cc2cc(C)c(F)c([C@]3(CF)C[C@@H](C(F)(F)F)OC(N)=N3)c2)c(C)c1. The molecule has 184 valence electrons. The number of carbonyl (C=O) groups is 1. The Morgan fingerprint density at radius 2 is 1.97 bits per heavy atom. The van der Waals surface area contributed by atoms with Crippen molar-refractivity contribution in [3.63, 3.8) is 0 Å². The van der Waals surface area contributed by atoms with Crippen molar-refractivity contribution in [1.29, 1.82) is 0 Å². The van der Waals surface area contributed by atoms with Crippen molar-refractivity contribution in [2.75, 3.05) is 13.3 Å². The molecular weight excluding hydrogens is 461 g/mol. The zero-order valence-corrected chi connectivity index (χ0v) is 18.8. The van der Waals surface area contributed by atoms with Gasteiger partial charge in [-0.3, -0.25) is 4.79 Å². The van der Waals surface area contributed by atoms with Gasteiger partial charge in [0.05, 0.1) is 12.8 Å². The summed E-state index contributed by atoms with van der Waals surface area (Å²) in [6.07, 6.45) is -7.16. The van der Waals surface area contributed by atoms with Crippen LogP contribution in [-0.4, -0.2) is 42.4 Å². The summed E-state index contributed by atoms with van der Waals surface area (Å²) in [7, 11) is 0. The number of pyridine rings is 1. The summed E-state index contributed by atoms with van der Waals surface area (Å²) in [6, 6.07) is 3.29. The first kappa shape index (κ1) is 25.4. The third kappa shape index (κ3) is 5.13. The number of hydrogen-bond donors (Lipinski definition) is 1. The molecule has 2 atom stereocenters. The zero-order valence-electron chi connectivity index (χ0n) is 18.8. The molecule has 11 heteroatoms. The number of carbonyl (C=O) groups excluding carboxylic acids is 1. The van der Waals surface area contributed by atoms with Gasteiger partial charge in [0.1, 0.15) is 29.5 Å². The van der Waals surface area contributed by atoms with Gasteiger partial charge >= 0.3 is 6.18 Å². The maximum absolute atomic E-state index is 15.1.